The molecule has 3 atom stereocenters. The second kappa shape index (κ2) is 3.17. The number of carbonyl (C=O) groups is 1. The molecule has 0 unspecified atom stereocenters. The third kappa shape index (κ3) is 1.40. The first-order valence-electron chi connectivity index (χ1n) is 4.95. The lowest BCUT2D eigenvalue weighted by Crippen LogP contribution is -2.42. The van der Waals surface area contributed by atoms with Crippen LogP contribution in [0.1, 0.15) is 39.0 Å². The summed E-state index contributed by atoms with van der Waals surface area (Å²) in [6, 6.07) is 0. The van der Waals surface area contributed by atoms with Gasteiger partial charge in [0.1, 0.15) is 5.78 Å². The fraction of sp³-hybridized carbons (Fsp3) is 0.900. The van der Waals surface area contributed by atoms with Gasteiger partial charge in [0.15, 0.2) is 0 Å². The fourth-order valence-electron chi connectivity index (χ4n) is 2.41. The summed E-state index contributed by atoms with van der Waals surface area (Å²) in [5.41, 5.74) is 0. The summed E-state index contributed by atoms with van der Waals surface area (Å²) in [6.45, 7) is 2.00. The number of fused-ring (bicyclic) bond motifs is 1. The molecule has 1 aliphatic carbocycles. The van der Waals surface area contributed by atoms with Gasteiger partial charge in [-0.1, -0.05) is 12.8 Å². The lowest BCUT2D eigenvalue weighted by atomic mass is 9.80. The van der Waals surface area contributed by atoms with Crippen LogP contribution in [0, 0.1) is 5.92 Å². The maximum atomic E-state index is 11.6. The summed E-state index contributed by atoms with van der Waals surface area (Å²) in [5, 5.41) is 0. The molecule has 0 N–H and O–H groups in total. The standard InChI is InChI=1S/C10H16O2/c1-7-6-9(11)8-4-2-3-5-10(8)12-7/h7-8,10H,2-6H2,1H3/t7-,8-,10+/m1/s1. The van der Waals surface area contributed by atoms with Crippen molar-refractivity contribution in [3.05, 3.63) is 0 Å². The molecule has 12 heavy (non-hydrogen) atoms. The van der Waals surface area contributed by atoms with Gasteiger partial charge in [-0.3, -0.25) is 4.79 Å². The van der Waals surface area contributed by atoms with Gasteiger partial charge in [0.05, 0.1) is 12.2 Å². The lowest BCUT2D eigenvalue weighted by Gasteiger charge is -2.37. The van der Waals surface area contributed by atoms with Crippen LogP contribution in [-0.4, -0.2) is 18.0 Å². The van der Waals surface area contributed by atoms with Gasteiger partial charge in [-0.2, -0.15) is 0 Å². The van der Waals surface area contributed by atoms with E-state index in [2.05, 4.69) is 0 Å². The van der Waals surface area contributed by atoms with E-state index in [9.17, 15) is 4.79 Å². The summed E-state index contributed by atoms with van der Waals surface area (Å²) >= 11 is 0. The van der Waals surface area contributed by atoms with Crippen LogP contribution >= 0.6 is 0 Å². The Bertz CT molecular complexity index is 188. The molecule has 0 aromatic heterocycles. The zero-order valence-corrected chi connectivity index (χ0v) is 7.58. The highest BCUT2D eigenvalue weighted by atomic mass is 16.5. The van der Waals surface area contributed by atoms with Crippen LogP contribution in [0.3, 0.4) is 0 Å². The van der Waals surface area contributed by atoms with Gasteiger partial charge in [-0.15, -0.1) is 0 Å². The highest BCUT2D eigenvalue weighted by molar-refractivity contribution is 5.82. The maximum Gasteiger partial charge on any atom is 0.141 e. The minimum atomic E-state index is 0.164. The number of ketones is 1. The molecule has 0 aromatic carbocycles. The first-order valence-corrected chi connectivity index (χ1v) is 4.95. The van der Waals surface area contributed by atoms with Gasteiger partial charge in [-0.25, -0.2) is 0 Å². The molecule has 0 amide bonds. The molecule has 0 radical (unpaired) electrons. The van der Waals surface area contributed by atoms with E-state index < -0.39 is 0 Å². The number of hydrogen-bond acceptors (Lipinski definition) is 2. The van der Waals surface area contributed by atoms with Crippen LogP contribution in [-0.2, 0) is 9.53 Å². The second-order valence-electron chi connectivity index (χ2n) is 4.05. The van der Waals surface area contributed by atoms with Crippen LogP contribution in [0.4, 0.5) is 0 Å². The predicted molar refractivity (Wildman–Crippen MR) is 45.9 cm³/mol. The molecule has 0 bridgehead atoms. The van der Waals surface area contributed by atoms with Gasteiger partial charge < -0.3 is 4.74 Å². The highest BCUT2D eigenvalue weighted by Crippen LogP contribution is 2.33. The molecule has 1 heterocycles. The Kier molecular flexibility index (Phi) is 2.18. The molecule has 2 aliphatic rings. The van der Waals surface area contributed by atoms with Crippen molar-refractivity contribution in [2.24, 2.45) is 5.92 Å². The summed E-state index contributed by atoms with van der Waals surface area (Å²) in [4.78, 5) is 11.6. The molecular weight excluding hydrogens is 152 g/mol. The maximum absolute atomic E-state index is 11.6. The number of hydrogen-bond donors (Lipinski definition) is 0. The molecule has 1 saturated heterocycles. The van der Waals surface area contributed by atoms with E-state index >= 15 is 0 Å². The van der Waals surface area contributed by atoms with E-state index in [1.165, 1.54) is 12.8 Å². The van der Waals surface area contributed by atoms with E-state index in [0.717, 1.165) is 12.8 Å². The monoisotopic (exact) mass is 168 g/mol. The zero-order chi connectivity index (χ0) is 8.55. The molecule has 68 valence electrons. The summed E-state index contributed by atoms with van der Waals surface area (Å²) in [6.07, 6.45) is 5.68. The van der Waals surface area contributed by atoms with Crippen molar-refractivity contribution in [1.82, 2.24) is 0 Å². The Morgan fingerprint density at radius 1 is 1.33 bits per heavy atom. The Balaban J connectivity index is 2.06. The molecule has 1 saturated carbocycles. The van der Waals surface area contributed by atoms with Crippen molar-refractivity contribution in [1.29, 1.82) is 0 Å². The van der Waals surface area contributed by atoms with Crippen molar-refractivity contribution in [3.63, 3.8) is 0 Å². The minimum Gasteiger partial charge on any atom is -0.374 e. The van der Waals surface area contributed by atoms with E-state index in [-0.39, 0.29) is 18.1 Å². The Labute approximate surface area is 73.3 Å². The average molecular weight is 168 g/mol. The molecular formula is C10H16O2. The third-order valence-electron chi connectivity index (χ3n) is 3.01. The van der Waals surface area contributed by atoms with Gasteiger partial charge in [-0.05, 0) is 19.8 Å². The van der Waals surface area contributed by atoms with Crippen LogP contribution in [0.2, 0.25) is 0 Å². The Hall–Kier alpha value is -0.370. The summed E-state index contributed by atoms with van der Waals surface area (Å²) in [5.74, 6) is 0.688. The number of Topliss-reactive ketones (excluding diaryl/α,β-unsaturated/α-hetero) is 1. The smallest absolute Gasteiger partial charge is 0.141 e. The van der Waals surface area contributed by atoms with E-state index in [1.54, 1.807) is 0 Å². The topological polar surface area (TPSA) is 26.3 Å². The first kappa shape index (κ1) is 8.24. The number of carbonyl (C=O) groups excluding carboxylic acids is 1. The molecule has 2 heteroatoms. The van der Waals surface area contributed by atoms with Gasteiger partial charge in [0.25, 0.3) is 0 Å². The van der Waals surface area contributed by atoms with Crippen molar-refractivity contribution >= 4 is 5.78 Å². The zero-order valence-electron chi connectivity index (χ0n) is 7.58. The van der Waals surface area contributed by atoms with Crippen molar-refractivity contribution < 1.29 is 9.53 Å². The minimum absolute atomic E-state index is 0.164. The molecule has 0 spiro atoms. The van der Waals surface area contributed by atoms with Crippen LogP contribution in [0.25, 0.3) is 0 Å². The Morgan fingerprint density at radius 3 is 2.92 bits per heavy atom. The van der Waals surface area contributed by atoms with Gasteiger partial charge in [0.2, 0.25) is 0 Å². The summed E-state index contributed by atoms with van der Waals surface area (Å²) in [7, 11) is 0. The van der Waals surface area contributed by atoms with Gasteiger partial charge >= 0.3 is 0 Å². The number of ether oxygens (including phenoxy) is 1. The van der Waals surface area contributed by atoms with Crippen LogP contribution in [0.5, 0.6) is 0 Å². The normalized spacial score (nSPS) is 42.4. The quantitative estimate of drug-likeness (QED) is 0.552. The molecule has 2 fully saturated rings. The van der Waals surface area contributed by atoms with E-state index in [1.807, 2.05) is 6.92 Å². The average Bonchev–Trinajstić information content (AvgIpc) is 2.04. The highest BCUT2D eigenvalue weighted by Gasteiger charge is 2.36. The van der Waals surface area contributed by atoms with Crippen molar-refractivity contribution in [2.45, 2.75) is 51.2 Å². The SMILES string of the molecule is C[C@@H]1CC(=O)[C@H]2CCCC[C@@H]2O1. The summed E-state index contributed by atoms with van der Waals surface area (Å²) < 4.78 is 5.74. The molecule has 0 aromatic rings. The van der Waals surface area contributed by atoms with E-state index in [4.69, 9.17) is 4.74 Å². The lowest BCUT2D eigenvalue weighted by molar-refractivity contribution is -0.148. The number of rotatable bonds is 0. The molecule has 2 nitrogen and oxygen atoms in total. The van der Waals surface area contributed by atoms with Crippen LogP contribution in [0.15, 0.2) is 0 Å². The molecule has 2 rings (SSSR count). The first-order chi connectivity index (χ1) is 5.77. The van der Waals surface area contributed by atoms with Gasteiger partial charge in [0, 0.05) is 12.3 Å². The van der Waals surface area contributed by atoms with Crippen molar-refractivity contribution in [2.75, 3.05) is 0 Å². The Morgan fingerprint density at radius 2 is 2.08 bits per heavy atom. The van der Waals surface area contributed by atoms with Crippen LogP contribution < -0.4 is 0 Å². The molecule has 1 aliphatic heterocycles. The predicted octanol–water partition coefficient (Wildman–Crippen LogP) is 1.92. The van der Waals surface area contributed by atoms with Crippen molar-refractivity contribution in [3.8, 4) is 0 Å². The van der Waals surface area contributed by atoms with E-state index in [0.29, 0.717) is 12.2 Å². The third-order valence-corrected chi connectivity index (χ3v) is 3.01. The largest absolute Gasteiger partial charge is 0.374 e. The second-order valence-corrected chi connectivity index (χ2v) is 4.05. The fourth-order valence-corrected chi connectivity index (χ4v) is 2.41.